The average Bonchev–Trinajstić information content (AvgIpc) is 3.10. The minimum absolute atomic E-state index is 0.00950. The number of thiophene rings is 1. The van der Waals surface area contributed by atoms with Gasteiger partial charge in [0.1, 0.15) is 0 Å². The predicted molar refractivity (Wildman–Crippen MR) is 88.3 cm³/mol. The summed E-state index contributed by atoms with van der Waals surface area (Å²) in [5.41, 5.74) is -0.0662. The van der Waals surface area contributed by atoms with E-state index in [0.29, 0.717) is 13.0 Å². The van der Waals surface area contributed by atoms with Crippen LogP contribution in [0.1, 0.15) is 31.6 Å². The molecule has 2 saturated heterocycles. The van der Waals surface area contributed by atoms with Crippen LogP contribution in [0.25, 0.3) is 0 Å². The first-order valence-electron chi connectivity index (χ1n) is 7.81. The van der Waals surface area contributed by atoms with Crippen molar-refractivity contribution in [2.75, 3.05) is 24.5 Å². The topological polar surface area (TPSA) is 52.6 Å². The Morgan fingerprint density at radius 1 is 1.36 bits per heavy atom. The maximum absolute atomic E-state index is 12.4. The first-order valence-corrected chi connectivity index (χ1v) is 8.62. The van der Waals surface area contributed by atoms with Crippen LogP contribution < -0.4 is 10.2 Å². The number of anilines is 1. The highest BCUT2D eigenvalue weighted by Gasteiger charge is 2.49. The summed E-state index contributed by atoms with van der Waals surface area (Å²) >= 11 is 1.66. The highest BCUT2D eigenvalue weighted by molar-refractivity contribution is 7.16. The average molecular weight is 321 g/mol. The van der Waals surface area contributed by atoms with E-state index in [4.69, 9.17) is 0 Å². The van der Waals surface area contributed by atoms with E-state index in [1.807, 2.05) is 29.7 Å². The number of likely N-dealkylation sites (tertiary alicyclic amines) is 1. The van der Waals surface area contributed by atoms with Gasteiger partial charge in [0.2, 0.25) is 5.91 Å². The third kappa shape index (κ3) is 2.84. The standard InChI is InChI=1S/C16H23N3O2S/c1-11(2)17-15(21)18-7-6-16(9-18)8-13(20)19(10-16)14-5-4-12(3)22-14/h4-5,11H,6-10H2,1-3H3,(H,17,21). The van der Waals surface area contributed by atoms with Crippen LogP contribution in [0.2, 0.25) is 0 Å². The molecule has 1 atom stereocenters. The van der Waals surface area contributed by atoms with Crippen LogP contribution in [0.15, 0.2) is 12.1 Å². The molecule has 2 aliphatic rings. The first kappa shape index (κ1) is 15.3. The van der Waals surface area contributed by atoms with Crippen molar-refractivity contribution >= 4 is 28.3 Å². The number of nitrogens with zero attached hydrogens (tertiary/aromatic N) is 2. The number of hydrogen-bond acceptors (Lipinski definition) is 3. The Hall–Kier alpha value is -1.56. The van der Waals surface area contributed by atoms with Gasteiger partial charge in [0, 0.05) is 42.4 Å². The quantitative estimate of drug-likeness (QED) is 0.910. The zero-order valence-electron chi connectivity index (χ0n) is 13.4. The fourth-order valence-electron chi connectivity index (χ4n) is 3.38. The lowest BCUT2D eigenvalue weighted by Gasteiger charge is -2.24. The lowest BCUT2D eigenvalue weighted by Crippen LogP contribution is -2.43. The van der Waals surface area contributed by atoms with Gasteiger partial charge in [-0.05, 0) is 39.3 Å². The van der Waals surface area contributed by atoms with Crippen molar-refractivity contribution in [3.05, 3.63) is 17.0 Å². The van der Waals surface area contributed by atoms with Crippen molar-refractivity contribution in [3.8, 4) is 0 Å². The Balaban J connectivity index is 1.69. The first-order chi connectivity index (χ1) is 10.4. The Kier molecular flexibility index (Phi) is 3.89. The van der Waals surface area contributed by atoms with E-state index in [2.05, 4.69) is 18.3 Å². The lowest BCUT2D eigenvalue weighted by atomic mass is 9.86. The molecule has 1 aromatic rings. The molecule has 0 saturated carbocycles. The van der Waals surface area contributed by atoms with Crippen molar-refractivity contribution in [3.63, 3.8) is 0 Å². The number of amides is 3. The van der Waals surface area contributed by atoms with Crippen molar-refractivity contribution in [1.29, 1.82) is 0 Å². The fourth-order valence-corrected chi connectivity index (χ4v) is 4.26. The molecule has 2 fully saturated rings. The molecule has 120 valence electrons. The van der Waals surface area contributed by atoms with Crippen molar-refractivity contribution in [2.45, 2.75) is 39.7 Å². The van der Waals surface area contributed by atoms with Gasteiger partial charge in [-0.2, -0.15) is 0 Å². The van der Waals surface area contributed by atoms with E-state index in [1.54, 1.807) is 11.3 Å². The minimum Gasteiger partial charge on any atom is -0.336 e. The van der Waals surface area contributed by atoms with E-state index in [1.165, 1.54) is 4.88 Å². The second-order valence-corrected chi connectivity index (χ2v) is 8.08. The van der Waals surface area contributed by atoms with E-state index in [0.717, 1.165) is 24.5 Å². The van der Waals surface area contributed by atoms with Gasteiger partial charge in [-0.1, -0.05) is 0 Å². The Bertz CT molecular complexity index is 598. The largest absolute Gasteiger partial charge is 0.336 e. The van der Waals surface area contributed by atoms with Gasteiger partial charge in [0.15, 0.2) is 0 Å². The highest BCUT2D eigenvalue weighted by Crippen LogP contribution is 2.43. The van der Waals surface area contributed by atoms with Gasteiger partial charge in [-0.15, -0.1) is 11.3 Å². The maximum Gasteiger partial charge on any atom is 0.317 e. The monoisotopic (exact) mass is 321 g/mol. The molecule has 6 heteroatoms. The maximum atomic E-state index is 12.4. The SMILES string of the molecule is Cc1ccc(N2CC3(CCN(C(=O)NC(C)C)C3)CC2=O)s1. The molecule has 3 amide bonds. The zero-order chi connectivity index (χ0) is 15.9. The molecule has 5 nitrogen and oxygen atoms in total. The van der Waals surface area contributed by atoms with Gasteiger partial charge in [-0.3, -0.25) is 4.79 Å². The fraction of sp³-hybridized carbons (Fsp3) is 0.625. The highest BCUT2D eigenvalue weighted by atomic mass is 32.1. The summed E-state index contributed by atoms with van der Waals surface area (Å²) in [5, 5.41) is 3.97. The summed E-state index contributed by atoms with van der Waals surface area (Å²) in [6, 6.07) is 4.20. The molecular weight excluding hydrogens is 298 g/mol. The number of nitrogens with one attached hydrogen (secondary N) is 1. The number of urea groups is 1. The Morgan fingerprint density at radius 3 is 2.77 bits per heavy atom. The second kappa shape index (κ2) is 5.57. The predicted octanol–water partition coefficient (Wildman–Crippen LogP) is 2.60. The number of rotatable bonds is 2. The molecule has 0 aliphatic carbocycles. The van der Waals surface area contributed by atoms with Crippen LogP contribution in [-0.4, -0.2) is 42.5 Å². The summed E-state index contributed by atoms with van der Waals surface area (Å²) in [6.07, 6.45) is 1.46. The van der Waals surface area contributed by atoms with Gasteiger partial charge in [0.25, 0.3) is 0 Å². The number of aryl methyl sites for hydroxylation is 1. The summed E-state index contributed by atoms with van der Waals surface area (Å²) in [6.45, 7) is 8.13. The van der Waals surface area contributed by atoms with Gasteiger partial charge >= 0.3 is 6.03 Å². The molecule has 1 aromatic heterocycles. The van der Waals surface area contributed by atoms with Crippen LogP contribution in [0.4, 0.5) is 9.80 Å². The van der Waals surface area contributed by atoms with Gasteiger partial charge in [-0.25, -0.2) is 4.79 Å². The summed E-state index contributed by atoms with van der Waals surface area (Å²) in [5.74, 6) is 0.188. The molecule has 0 bridgehead atoms. The third-order valence-electron chi connectivity index (χ3n) is 4.45. The van der Waals surface area contributed by atoms with Crippen molar-refractivity contribution in [1.82, 2.24) is 10.2 Å². The second-order valence-electron chi connectivity index (χ2n) is 6.82. The lowest BCUT2D eigenvalue weighted by molar-refractivity contribution is -0.117. The molecule has 3 heterocycles. The summed E-state index contributed by atoms with van der Waals surface area (Å²) in [4.78, 5) is 29.5. The van der Waals surface area contributed by atoms with E-state index < -0.39 is 0 Å². The Labute approximate surface area is 135 Å². The Morgan fingerprint density at radius 2 is 2.14 bits per heavy atom. The summed E-state index contributed by atoms with van der Waals surface area (Å²) in [7, 11) is 0. The van der Waals surface area contributed by atoms with E-state index in [-0.39, 0.29) is 23.4 Å². The van der Waals surface area contributed by atoms with Crippen LogP contribution >= 0.6 is 11.3 Å². The molecule has 0 radical (unpaired) electrons. The molecule has 3 rings (SSSR count). The minimum atomic E-state index is -0.0662. The molecule has 1 spiro atoms. The normalized spacial score (nSPS) is 24.8. The third-order valence-corrected chi connectivity index (χ3v) is 5.47. The summed E-state index contributed by atoms with van der Waals surface area (Å²) < 4.78 is 0. The molecule has 0 aromatic carbocycles. The van der Waals surface area contributed by atoms with E-state index in [9.17, 15) is 9.59 Å². The van der Waals surface area contributed by atoms with Crippen molar-refractivity contribution in [2.24, 2.45) is 5.41 Å². The molecular formula is C16H23N3O2S. The number of hydrogen-bond donors (Lipinski definition) is 1. The van der Waals surface area contributed by atoms with Crippen LogP contribution in [0.5, 0.6) is 0 Å². The molecule has 22 heavy (non-hydrogen) atoms. The van der Waals surface area contributed by atoms with E-state index >= 15 is 0 Å². The molecule has 1 N–H and O–H groups in total. The number of carbonyl (C=O) groups is 2. The molecule has 1 unspecified atom stereocenters. The zero-order valence-corrected chi connectivity index (χ0v) is 14.2. The van der Waals surface area contributed by atoms with Crippen LogP contribution in [0, 0.1) is 12.3 Å². The molecule has 2 aliphatic heterocycles. The van der Waals surface area contributed by atoms with Crippen LogP contribution in [0.3, 0.4) is 0 Å². The van der Waals surface area contributed by atoms with Crippen LogP contribution in [-0.2, 0) is 4.79 Å². The van der Waals surface area contributed by atoms with Gasteiger partial charge < -0.3 is 15.1 Å². The van der Waals surface area contributed by atoms with Gasteiger partial charge in [0.05, 0.1) is 5.00 Å². The number of carbonyl (C=O) groups excluding carboxylic acids is 2. The van der Waals surface area contributed by atoms with Crippen molar-refractivity contribution < 1.29 is 9.59 Å². The smallest absolute Gasteiger partial charge is 0.317 e.